The van der Waals surface area contributed by atoms with Crippen LogP contribution in [0.5, 0.6) is 0 Å². The molecular formula is C42H27N5. The van der Waals surface area contributed by atoms with Gasteiger partial charge in [0, 0.05) is 39.1 Å². The van der Waals surface area contributed by atoms with E-state index < -0.39 is 0 Å². The van der Waals surface area contributed by atoms with Gasteiger partial charge in [0.15, 0.2) is 17.5 Å². The van der Waals surface area contributed by atoms with Gasteiger partial charge in [0.05, 0.1) is 22.7 Å². The van der Waals surface area contributed by atoms with Gasteiger partial charge in [-0.15, -0.1) is 0 Å². The highest BCUT2D eigenvalue weighted by Gasteiger charge is 2.29. The van der Waals surface area contributed by atoms with Crippen molar-refractivity contribution in [1.82, 2.24) is 19.5 Å². The molecule has 2 heterocycles. The van der Waals surface area contributed by atoms with Crippen LogP contribution in [0.25, 0.3) is 72.8 Å². The highest BCUT2D eigenvalue weighted by atomic mass is 15.0. The number of hydrogen-bond acceptors (Lipinski definition) is 4. The second-order valence-electron chi connectivity index (χ2n) is 12.0. The first kappa shape index (κ1) is 27.0. The number of rotatable bonds is 4. The van der Waals surface area contributed by atoms with Gasteiger partial charge in [-0.3, -0.25) is 0 Å². The Morgan fingerprint density at radius 3 is 1.94 bits per heavy atom. The lowest BCUT2D eigenvalue weighted by Gasteiger charge is -2.13. The Labute approximate surface area is 272 Å². The zero-order valence-electron chi connectivity index (χ0n) is 25.6. The SMILES string of the molecule is CC1c2ccccc2-c2c1ccc1c2c2ccccc2n1-c1ccc(-c2nc(-c3ccccc3)nc(-c3ccccc3)n2)c(C#N)c1. The van der Waals surface area contributed by atoms with E-state index in [4.69, 9.17) is 15.0 Å². The van der Waals surface area contributed by atoms with E-state index in [2.05, 4.69) is 84.3 Å². The molecule has 0 amide bonds. The van der Waals surface area contributed by atoms with Crippen molar-refractivity contribution >= 4 is 21.8 Å². The first-order chi connectivity index (χ1) is 23.2. The molecule has 5 heteroatoms. The van der Waals surface area contributed by atoms with Gasteiger partial charge in [-0.2, -0.15) is 5.26 Å². The molecule has 47 heavy (non-hydrogen) atoms. The quantitative estimate of drug-likeness (QED) is 0.201. The lowest BCUT2D eigenvalue weighted by atomic mass is 9.97. The van der Waals surface area contributed by atoms with Gasteiger partial charge in [-0.25, -0.2) is 15.0 Å². The molecule has 2 aromatic heterocycles. The summed E-state index contributed by atoms with van der Waals surface area (Å²) in [6, 6.07) is 50.0. The predicted octanol–water partition coefficient (Wildman–Crippen LogP) is 9.97. The van der Waals surface area contributed by atoms with E-state index in [9.17, 15) is 5.26 Å². The Balaban J connectivity index is 1.25. The van der Waals surface area contributed by atoms with Crippen molar-refractivity contribution in [2.24, 2.45) is 0 Å². The van der Waals surface area contributed by atoms with Gasteiger partial charge in [-0.1, -0.05) is 116 Å². The fourth-order valence-electron chi connectivity index (χ4n) is 7.16. The summed E-state index contributed by atoms with van der Waals surface area (Å²) in [5.74, 6) is 1.92. The number of aromatic nitrogens is 4. The van der Waals surface area contributed by atoms with Gasteiger partial charge < -0.3 is 4.57 Å². The normalized spacial score (nSPS) is 13.4. The number of fused-ring (bicyclic) bond motifs is 7. The van der Waals surface area contributed by atoms with Gasteiger partial charge in [-0.05, 0) is 52.6 Å². The molecule has 0 radical (unpaired) electrons. The monoisotopic (exact) mass is 601 g/mol. The van der Waals surface area contributed by atoms with Crippen LogP contribution in [0.15, 0.2) is 140 Å². The topological polar surface area (TPSA) is 67.4 Å². The zero-order valence-corrected chi connectivity index (χ0v) is 25.6. The van der Waals surface area contributed by atoms with Crippen molar-refractivity contribution in [3.05, 3.63) is 156 Å². The van der Waals surface area contributed by atoms with Crippen LogP contribution in [0.1, 0.15) is 29.5 Å². The molecule has 0 aliphatic heterocycles. The van der Waals surface area contributed by atoms with Crippen molar-refractivity contribution < 1.29 is 0 Å². The summed E-state index contributed by atoms with van der Waals surface area (Å²) in [5.41, 5.74) is 11.4. The molecule has 220 valence electrons. The minimum atomic E-state index is 0.333. The molecule has 1 aliphatic carbocycles. The number of para-hydroxylation sites is 1. The minimum Gasteiger partial charge on any atom is -0.309 e. The van der Waals surface area contributed by atoms with E-state index in [0.29, 0.717) is 34.5 Å². The van der Waals surface area contributed by atoms with Gasteiger partial charge in [0.2, 0.25) is 0 Å². The Kier molecular flexibility index (Phi) is 6.09. The maximum Gasteiger partial charge on any atom is 0.165 e. The third kappa shape index (κ3) is 4.19. The van der Waals surface area contributed by atoms with Gasteiger partial charge >= 0.3 is 0 Å². The van der Waals surface area contributed by atoms with Crippen LogP contribution in [-0.2, 0) is 0 Å². The van der Waals surface area contributed by atoms with Gasteiger partial charge in [0.25, 0.3) is 0 Å². The summed E-state index contributed by atoms with van der Waals surface area (Å²) >= 11 is 0. The third-order valence-electron chi connectivity index (χ3n) is 9.36. The Hall–Kier alpha value is -6.38. The van der Waals surface area contributed by atoms with E-state index in [1.807, 2.05) is 72.8 Å². The molecule has 0 spiro atoms. The molecule has 0 saturated carbocycles. The number of benzene rings is 6. The summed E-state index contributed by atoms with van der Waals surface area (Å²) in [7, 11) is 0. The molecule has 0 fully saturated rings. The molecular weight excluding hydrogens is 574 g/mol. The van der Waals surface area contributed by atoms with Gasteiger partial charge in [0.1, 0.15) is 0 Å². The number of hydrogen-bond donors (Lipinski definition) is 0. The van der Waals surface area contributed by atoms with Crippen molar-refractivity contribution in [1.29, 1.82) is 5.26 Å². The largest absolute Gasteiger partial charge is 0.309 e. The smallest absolute Gasteiger partial charge is 0.165 e. The van der Waals surface area contributed by atoms with E-state index in [1.165, 1.54) is 33.0 Å². The van der Waals surface area contributed by atoms with E-state index in [1.54, 1.807) is 0 Å². The van der Waals surface area contributed by atoms with E-state index >= 15 is 0 Å². The first-order valence-corrected chi connectivity index (χ1v) is 15.8. The van der Waals surface area contributed by atoms with Crippen LogP contribution in [-0.4, -0.2) is 19.5 Å². The lowest BCUT2D eigenvalue weighted by Crippen LogP contribution is -2.02. The molecule has 5 nitrogen and oxygen atoms in total. The van der Waals surface area contributed by atoms with Crippen molar-refractivity contribution in [3.8, 4) is 57.0 Å². The fourth-order valence-corrected chi connectivity index (χ4v) is 7.16. The predicted molar refractivity (Wildman–Crippen MR) is 188 cm³/mol. The maximum atomic E-state index is 10.5. The standard InChI is InChI=1S/C42H27N5/c1-26-31-16-8-9-17-34(31)38-32(26)22-23-37-39(38)35-18-10-11-19-36(35)47(37)30-20-21-33(29(24-30)25-43)42-45-40(27-12-4-2-5-13-27)44-41(46-42)28-14-6-3-7-15-28/h2-24,26H,1H3. The third-order valence-corrected chi connectivity index (χ3v) is 9.36. The van der Waals surface area contributed by atoms with Crippen LogP contribution in [0.4, 0.5) is 0 Å². The van der Waals surface area contributed by atoms with E-state index in [-0.39, 0.29) is 0 Å². The lowest BCUT2D eigenvalue weighted by molar-refractivity contribution is 0.957. The Morgan fingerprint density at radius 2 is 1.21 bits per heavy atom. The first-order valence-electron chi connectivity index (χ1n) is 15.8. The summed E-state index contributed by atoms with van der Waals surface area (Å²) in [5, 5.41) is 13.0. The number of nitrogens with zero attached hydrogens (tertiary/aromatic N) is 5. The van der Waals surface area contributed by atoms with Crippen LogP contribution < -0.4 is 0 Å². The zero-order chi connectivity index (χ0) is 31.5. The van der Waals surface area contributed by atoms with Crippen molar-refractivity contribution in [2.75, 3.05) is 0 Å². The molecule has 1 atom stereocenters. The van der Waals surface area contributed by atoms with Crippen molar-refractivity contribution in [3.63, 3.8) is 0 Å². The fraction of sp³-hybridized carbons (Fsp3) is 0.0476. The van der Waals surface area contributed by atoms with Crippen LogP contribution >= 0.6 is 0 Å². The Morgan fingerprint density at radius 1 is 0.574 bits per heavy atom. The minimum absolute atomic E-state index is 0.333. The summed E-state index contributed by atoms with van der Waals surface area (Å²) in [6.45, 7) is 2.29. The van der Waals surface area contributed by atoms with E-state index in [0.717, 1.165) is 27.8 Å². The molecule has 6 aromatic carbocycles. The van der Waals surface area contributed by atoms with Crippen LogP contribution in [0.3, 0.4) is 0 Å². The highest BCUT2D eigenvalue weighted by Crippen LogP contribution is 2.50. The Bertz CT molecular complexity index is 2480. The molecule has 0 N–H and O–H groups in total. The molecule has 1 unspecified atom stereocenters. The number of nitriles is 1. The summed E-state index contributed by atoms with van der Waals surface area (Å²) < 4.78 is 2.28. The average Bonchev–Trinajstić information content (AvgIpc) is 3.63. The van der Waals surface area contributed by atoms with Crippen LogP contribution in [0.2, 0.25) is 0 Å². The second-order valence-corrected chi connectivity index (χ2v) is 12.0. The molecule has 0 bridgehead atoms. The maximum absolute atomic E-state index is 10.5. The average molecular weight is 602 g/mol. The van der Waals surface area contributed by atoms with Crippen LogP contribution in [0, 0.1) is 11.3 Å². The highest BCUT2D eigenvalue weighted by molar-refractivity contribution is 6.17. The summed E-state index contributed by atoms with van der Waals surface area (Å²) in [6.07, 6.45) is 0. The van der Waals surface area contributed by atoms with Crippen molar-refractivity contribution in [2.45, 2.75) is 12.8 Å². The second kappa shape index (κ2) is 10.6. The summed E-state index contributed by atoms with van der Waals surface area (Å²) in [4.78, 5) is 14.6. The molecule has 0 saturated heterocycles. The molecule has 9 rings (SSSR count). The molecule has 1 aliphatic rings. The molecule has 8 aromatic rings.